The Kier molecular flexibility index (Phi) is 6.43. The molecule has 0 radical (unpaired) electrons. The number of allylic oxidation sites excluding steroid dienone is 1. The van der Waals surface area contributed by atoms with Crippen LogP contribution in [0.15, 0.2) is 54.3 Å². The topological polar surface area (TPSA) is 70.7 Å². The van der Waals surface area contributed by atoms with Gasteiger partial charge in [-0.3, -0.25) is 14.5 Å². The largest absolute Gasteiger partial charge is 0.482 e. The molecule has 2 aromatic carbocycles. The maximum atomic E-state index is 13.6. The standard InChI is InChI=1S/C29H32FN3O3/c1-18-6-4-5-14-33(18)15-13-31-27(34)20-9-7-19(8-10-20)23-17-25(36-29(23,2)3)26-22-12-11-21(30)16-24(22)32-28(26)35/h7-12,16-18H,4-6,13-15H2,1-3H3,(H,31,34)(H,32,35). The SMILES string of the molecule is CC1CCCCN1CCNC(=O)c1ccc(C2=CC(=C3C(=O)Nc4cc(F)ccc43)OC2(C)C)cc1. The average Bonchev–Trinajstić information content (AvgIpc) is 3.34. The van der Waals surface area contributed by atoms with Crippen molar-refractivity contribution in [2.45, 2.75) is 51.7 Å². The third-order valence-corrected chi connectivity index (χ3v) is 7.35. The third-order valence-electron chi connectivity index (χ3n) is 7.35. The highest BCUT2D eigenvalue weighted by molar-refractivity contribution is 6.32. The van der Waals surface area contributed by atoms with Gasteiger partial charge in [0.1, 0.15) is 17.2 Å². The molecule has 2 aromatic rings. The van der Waals surface area contributed by atoms with Crippen LogP contribution in [0.1, 0.15) is 61.5 Å². The van der Waals surface area contributed by atoms with Gasteiger partial charge in [-0.1, -0.05) is 18.6 Å². The summed E-state index contributed by atoms with van der Waals surface area (Å²) >= 11 is 0. The fraction of sp³-hybridized carbons (Fsp3) is 0.379. The minimum atomic E-state index is -0.680. The lowest BCUT2D eigenvalue weighted by molar-refractivity contribution is -0.111. The first-order chi connectivity index (χ1) is 17.2. The zero-order valence-electron chi connectivity index (χ0n) is 21.0. The molecule has 3 aliphatic rings. The predicted octanol–water partition coefficient (Wildman–Crippen LogP) is 4.99. The molecule has 188 valence electrons. The van der Waals surface area contributed by atoms with E-state index < -0.39 is 11.4 Å². The number of carbonyl (C=O) groups excluding carboxylic acids is 2. The van der Waals surface area contributed by atoms with Gasteiger partial charge in [-0.2, -0.15) is 0 Å². The minimum absolute atomic E-state index is 0.0867. The van der Waals surface area contributed by atoms with Crippen LogP contribution >= 0.6 is 0 Å². The van der Waals surface area contributed by atoms with E-state index in [4.69, 9.17) is 4.74 Å². The maximum Gasteiger partial charge on any atom is 0.260 e. The van der Waals surface area contributed by atoms with Crippen molar-refractivity contribution in [3.05, 3.63) is 76.8 Å². The van der Waals surface area contributed by atoms with E-state index in [1.165, 1.54) is 31.4 Å². The second-order valence-corrected chi connectivity index (χ2v) is 10.3. The summed E-state index contributed by atoms with van der Waals surface area (Å²) < 4.78 is 19.8. The second-order valence-electron chi connectivity index (χ2n) is 10.3. The Labute approximate surface area is 211 Å². The lowest BCUT2D eigenvalue weighted by Gasteiger charge is -2.33. The number of fused-ring (bicyclic) bond motifs is 1. The summed E-state index contributed by atoms with van der Waals surface area (Å²) in [6.07, 6.45) is 5.60. The Morgan fingerprint density at radius 3 is 2.72 bits per heavy atom. The van der Waals surface area contributed by atoms with E-state index in [0.29, 0.717) is 40.7 Å². The van der Waals surface area contributed by atoms with Crippen LogP contribution in [0.2, 0.25) is 0 Å². The summed E-state index contributed by atoms with van der Waals surface area (Å²) in [4.78, 5) is 27.8. The van der Waals surface area contributed by atoms with E-state index in [9.17, 15) is 14.0 Å². The van der Waals surface area contributed by atoms with E-state index in [-0.39, 0.29) is 11.8 Å². The number of anilines is 1. The fourth-order valence-corrected chi connectivity index (χ4v) is 5.31. The number of piperidine rings is 1. The van der Waals surface area contributed by atoms with Crippen molar-refractivity contribution < 1.29 is 18.7 Å². The number of hydrogen-bond donors (Lipinski definition) is 2. The Morgan fingerprint density at radius 2 is 1.97 bits per heavy atom. The summed E-state index contributed by atoms with van der Waals surface area (Å²) in [5, 5.41) is 5.75. The number of ether oxygens (including phenoxy) is 1. The maximum absolute atomic E-state index is 13.6. The number of halogens is 1. The Morgan fingerprint density at radius 1 is 1.19 bits per heavy atom. The number of amides is 2. The van der Waals surface area contributed by atoms with Gasteiger partial charge in [0, 0.05) is 35.8 Å². The first-order valence-electron chi connectivity index (χ1n) is 12.6. The zero-order chi connectivity index (χ0) is 25.4. The molecule has 0 aliphatic carbocycles. The smallest absolute Gasteiger partial charge is 0.260 e. The average molecular weight is 490 g/mol. The summed E-state index contributed by atoms with van der Waals surface area (Å²) in [5.74, 6) is -0.359. The van der Waals surface area contributed by atoms with Gasteiger partial charge in [-0.15, -0.1) is 0 Å². The van der Waals surface area contributed by atoms with Crippen molar-refractivity contribution in [2.75, 3.05) is 25.0 Å². The third kappa shape index (κ3) is 4.67. The lowest BCUT2D eigenvalue weighted by atomic mass is 9.91. The number of nitrogens with zero attached hydrogens (tertiary/aromatic N) is 1. The number of hydrogen-bond acceptors (Lipinski definition) is 4. The zero-order valence-corrected chi connectivity index (χ0v) is 21.0. The Bertz CT molecular complexity index is 1260. The van der Waals surface area contributed by atoms with Crippen molar-refractivity contribution in [3.63, 3.8) is 0 Å². The molecule has 6 nitrogen and oxygen atoms in total. The molecule has 7 heteroatoms. The van der Waals surface area contributed by atoms with Crippen LogP contribution in [0.25, 0.3) is 11.1 Å². The van der Waals surface area contributed by atoms with E-state index in [1.807, 2.05) is 44.2 Å². The number of carbonyl (C=O) groups is 2. The monoisotopic (exact) mass is 489 g/mol. The molecular formula is C29H32FN3O3. The van der Waals surface area contributed by atoms with Crippen molar-refractivity contribution in [3.8, 4) is 0 Å². The molecule has 0 bridgehead atoms. The highest BCUT2D eigenvalue weighted by Gasteiger charge is 2.38. The van der Waals surface area contributed by atoms with Gasteiger partial charge in [0.2, 0.25) is 0 Å². The van der Waals surface area contributed by atoms with Gasteiger partial charge in [-0.05, 0) is 82.1 Å². The van der Waals surface area contributed by atoms with Crippen LogP contribution in [0.5, 0.6) is 0 Å². The molecule has 2 N–H and O–H groups in total. The highest BCUT2D eigenvalue weighted by atomic mass is 19.1. The van der Waals surface area contributed by atoms with Crippen LogP contribution < -0.4 is 10.6 Å². The number of rotatable bonds is 5. The van der Waals surface area contributed by atoms with Crippen LogP contribution in [0.3, 0.4) is 0 Å². The number of nitrogens with one attached hydrogen (secondary N) is 2. The summed E-state index contributed by atoms with van der Waals surface area (Å²) in [6, 6.07) is 12.3. The molecule has 1 atom stereocenters. The molecule has 0 saturated carbocycles. The Balaban J connectivity index is 1.31. The molecule has 1 saturated heterocycles. The first-order valence-corrected chi connectivity index (χ1v) is 12.6. The predicted molar refractivity (Wildman–Crippen MR) is 139 cm³/mol. The van der Waals surface area contributed by atoms with Crippen molar-refractivity contribution in [2.24, 2.45) is 0 Å². The second kappa shape index (κ2) is 9.54. The van der Waals surface area contributed by atoms with Crippen molar-refractivity contribution in [1.29, 1.82) is 0 Å². The summed E-state index contributed by atoms with van der Waals surface area (Å²) in [5.41, 5.74) is 3.19. The van der Waals surface area contributed by atoms with Gasteiger partial charge in [-0.25, -0.2) is 4.39 Å². The van der Waals surface area contributed by atoms with Gasteiger partial charge < -0.3 is 15.4 Å². The molecule has 1 unspecified atom stereocenters. The molecule has 5 rings (SSSR count). The van der Waals surface area contributed by atoms with E-state index >= 15 is 0 Å². The number of benzene rings is 2. The van der Waals surface area contributed by atoms with Crippen molar-refractivity contribution >= 4 is 28.6 Å². The quantitative estimate of drug-likeness (QED) is 0.581. The van der Waals surface area contributed by atoms with Crippen molar-refractivity contribution in [1.82, 2.24) is 10.2 Å². The van der Waals surface area contributed by atoms with Crippen LogP contribution in [0, 0.1) is 5.82 Å². The molecule has 1 fully saturated rings. The van der Waals surface area contributed by atoms with Gasteiger partial charge in [0.05, 0.1) is 11.3 Å². The summed E-state index contributed by atoms with van der Waals surface area (Å²) in [7, 11) is 0. The Hall–Kier alpha value is -3.45. The van der Waals surface area contributed by atoms with E-state index in [0.717, 1.165) is 24.2 Å². The van der Waals surface area contributed by atoms with Gasteiger partial charge in [0.15, 0.2) is 0 Å². The van der Waals surface area contributed by atoms with Crippen LogP contribution in [0.4, 0.5) is 10.1 Å². The first kappa shape index (κ1) is 24.3. The fourth-order valence-electron chi connectivity index (χ4n) is 5.31. The van der Waals surface area contributed by atoms with E-state index in [1.54, 1.807) is 6.07 Å². The summed E-state index contributed by atoms with van der Waals surface area (Å²) in [6.45, 7) is 8.72. The molecule has 3 heterocycles. The van der Waals surface area contributed by atoms with Crippen LogP contribution in [-0.2, 0) is 9.53 Å². The van der Waals surface area contributed by atoms with E-state index in [2.05, 4.69) is 22.5 Å². The molecule has 36 heavy (non-hydrogen) atoms. The molecular weight excluding hydrogens is 457 g/mol. The molecule has 0 aromatic heterocycles. The molecule has 3 aliphatic heterocycles. The molecule has 2 amide bonds. The van der Waals surface area contributed by atoms with Gasteiger partial charge >= 0.3 is 0 Å². The highest BCUT2D eigenvalue weighted by Crippen LogP contribution is 2.44. The lowest BCUT2D eigenvalue weighted by Crippen LogP contribution is -2.42. The molecule has 0 spiro atoms. The normalized spacial score (nSPS) is 23.1. The minimum Gasteiger partial charge on any atom is -0.482 e. The number of likely N-dealkylation sites (tertiary alicyclic amines) is 1. The van der Waals surface area contributed by atoms with Crippen LogP contribution in [-0.4, -0.2) is 48.0 Å². The van der Waals surface area contributed by atoms with Gasteiger partial charge in [0.25, 0.3) is 11.8 Å².